The number of rotatable bonds is 1. The van der Waals surface area contributed by atoms with E-state index < -0.39 is 5.97 Å². The molecule has 0 amide bonds. The number of piperidine rings is 1. The summed E-state index contributed by atoms with van der Waals surface area (Å²) in [4.78, 5) is 13.4. The predicted molar refractivity (Wildman–Crippen MR) is 71.2 cm³/mol. The molecule has 0 spiro atoms. The Morgan fingerprint density at radius 3 is 2.89 bits per heavy atom. The van der Waals surface area contributed by atoms with Crippen LogP contribution in [-0.2, 0) is 17.6 Å². The van der Waals surface area contributed by atoms with Gasteiger partial charge >= 0.3 is 5.97 Å². The number of carboxylic acid groups (broad SMARTS) is 1. The lowest BCUT2D eigenvalue weighted by Crippen LogP contribution is -2.51. The molecule has 2 aliphatic rings. The quantitative estimate of drug-likeness (QED) is 0.804. The van der Waals surface area contributed by atoms with Crippen LogP contribution in [0.1, 0.15) is 17.5 Å². The number of aromatic hydroxyl groups is 1. The summed E-state index contributed by atoms with van der Waals surface area (Å²) in [5, 5.41) is 19.2. The maximum atomic E-state index is 11.2. The van der Waals surface area contributed by atoms with Crippen molar-refractivity contribution in [3.63, 3.8) is 0 Å². The molecular formula is C15H19NO3. The molecule has 0 aromatic heterocycles. The van der Waals surface area contributed by atoms with Crippen LogP contribution < -0.4 is 0 Å². The molecule has 1 aliphatic carbocycles. The van der Waals surface area contributed by atoms with Crippen LogP contribution in [0.4, 0.5) is 0 Å². The highest BCUT2D eigenvalue weighted by Crippen LogP contribution is 2.39. The molecule has 1 aliphatic heterocycles. The van der Waals surface area contributed by atoms with Crippen molar-refractivity contribution in [3.8, 4) is 5.75 Å². The molecule has 19 heavy (non-hydrogen) atoms. The Morgan fingerprint density at radius 2 is 2.16 bits per heavy atom. The molecule has 102 valence electrons. The van der Waals surface area contributed by atoms with Crippen molar-refractivity contribution in [2.45, 2.75) is 25.3 Å². The monoisotopic (exact) mass is 261 g/mol. The Balaban J connectivity index is 1.90. The molecule has 4 heteroatoms. The Hall–Kier alpha value is -1.55. The first-order valence-corrected chi connectivity index (χ1v) is 6.79. The molecule has 1 fully saturated rings. The average Bonchev–Trinajstić information content (AvgIpc) is 2.38. The van der Waals surface area contributed by atoms with E-state index in [1.165, 1.54) is 5.56 Å². The molecule has 3 unspecified atom stereocenters. The van der Waals surface area contributed by atoms with Gasteiger partial charge in [-0.2, -0.15) is 0 Å². The van der Waals surface area contributed by atoms with Gasteiger partial charge < -0.3 is 15.1 Å². The normalized spacial score (nSPS) is 30.5. The van der Waals surface area contributed by atoms with Gasteiger partial charge in [-0.1, -0.05) is 12.1 Å². The van der Waals surface area contributed by atoms with Crippen molar-refractivity contribution < 1.29 is 15.0 Å². The molecule has 0 bridgehead atoms. The SMILES string of the molecule is CN1CC(C(=O)O)CC2Cc3c(O)cccc3CC21. The first-order valence-electron chi connectivity index (χ1n) is 6.79. The van der Waals surface area contributed by atoms with E-state index in [0.29, 0.717) is 24.3 Å². The lowest BCUT2D eigenvalue weighted by atomic mass is 9.72. The minimum atomic E-state index is -0.701. The number of likely N-dealkylation sites (N-methyl/N-ethyl adjacent to an activating group) is 1. The van der Waals surface area contributed by atoms with Gasteiger partial charge in [-0.05, 0) is 49.4 Å². The fourth-order valence-electron chi connectivity index (χ4n) is 3.70. The second kappa shape index (κ2) is 4.53. The fraction of sp³-hybridized carbons (Fsp3) is 0.533. The summed E-state index contributed by atoms with van der Waals surface area (Å²) < 4.78 is 0. The number of hydrogen-bond acceptors (Lipinski definition) is 3. The molecule has 0 radical (unpaired) electrons. The van der Waals surface area contributed by atoms with Crippen LogP contribution in [0.5, 0.6) is 5.75 Å². The van der Waals surface area contributed by atoms with Gasteiger partial charge in [0.15, 0.2) is 0 Å². The minimum Gasteiger partial charge on any atom is -0.508 e. The Kier molecular flexibility index (Phi) is 2.97. The second-order valence-corrected chi connectivity index (χ2v) is 5.86. The number of carbonyl (C=O) groups is 1. The summed E-state index contributed by atoms with van der Waals surface area (Å²) in [6.07, 6.45) is 2.43. The van der Waals surface area contributed by atoms with E-state index in [9.17, 15) is 15.0 Å². The van der Waals surface area contributed by atoms with E-state index in [-0.39, 0.29) is 5.92 Å². The highest BCUT2D eigenvalue weighted by molar-refractivity contribution is 5.70. The second-order valence-electron chi connectivity index (χ2n) is 5.86. The summed E-state index contributed by atoms with van der Waals surface area (Å²) in [6.45, 7) is 0.630. The van der Waals surface area contributed by atoms with Gasteiger partial charge in [-0.15, -0.1) is 0 Å². The minimum absolute atomic E-state index is 0.279. The van der Waals surface area contributed by atoms with Crippen LogP contribution in [0.15, 0.2) is 18.2 Å². The Labute approximate surface area is 112 Å². The van der Waals surface area contributed by atoms with E-state index >= 15 is 0 Å². The zero-order chi connectivity index (χ0) is 13.6. The third-order valence-corrected chi connectivity index (χ3v) is 4.70. The maximum Gasteiger partial charge on any atom is 0.307 e. The van der Waals surface area contributed by atoms with Crippen molar-refractivity contribution in [2.24, 2.45) is 11.8 Å². The first-order chi connectivity index (χ1) is 9.06. The zero-order valence-corrected chi connectivity index (χ0v) is 11.0. The molecule has 0 saturated carbocycles. The van der Waals surface area contributed by atoms with Crippen molar-refractivity contribution >= 4 is 5.97 Å². The van der Waals surface area contributed by atoms with E-state index in [1.54, 1.807) is 6.07 Å². The molecule has 4 nitrogen and oxygen atoms in total. The van der Waals surface area contributed by atoms with Gasteiger partial charge in [-0.3, -0.25) is 4.79 Å². The fourth-order valence-corrected chi connectivity index (χ4v) is 3.70. The number of likely N-dealkylation sites (tertiary alicyclic amines) is 1. The van der Waals surface area contributed by atoms with Crippen molar-refractivity contribution in [2.75, 3.05) is 13.6 Å². The molecular weight excluding hydrogens is 242 g/mol. The highest BCUT2D eigenvalue weighted by atomic mass is 16.4. The smallest absolute Gasteiger partial charge is 0.307 e. The molecule has 1 saturated heterocycles. The van der Waals surface area contributed by atoms with Gasteiger partial charge in [0.05, 0.1) is 5.92 Å². The van der Waals surface area contributed by atoms with Crippen LogP contribution in [0.25, 0.3) is 0 Å². The number of fused-ring (bicyclic) bond motifs is 2. The van der Waals surface area contributed by atoms with Gasteiger partial charge in [0, 0.05) is 12.6 Å². The zero-order valence-electron chi connectivity index (χ0n) is 11.0. The number of phenolic OH excluding ortho intramolecular Hbond substituents is 1. The van der Waals surface area contributed by atoms with E-state index in [2.05, 4.69) is 11.0 Å². The number of aliphatic carboxylic acids is 1. The summed E-state index contributed by atoms with van der Waals surface area (Å²) in [6, 6.07) is 6.09. The van der Waals surface area contributed by atoms with E-state index in [1.807, 2.05) is 13.1 Å². The molecule has 3 rings (SSSR count). The third kappa shape index (κ3) is 2.10. The van der Waals surface area contributed by atoms with Crippen LogP contribution in [-0.4, -0.2) is 40.7 Å². The van der Waals surface area contributed by atoms with Crippen LogP contribution in [0.3, 0.4) is 0 Å². The molecule has 1 aromatic rings. The molecule has 3 atom stereocenters. The van der Waals surface area contributed by atoms with Crippen molar-refractivity contribution in [3.05, 3.63) is 29.3 Å². The lowest BCUT2D eigenvalue weighted by molar-refractivity contribution is -0.145. The third-order valence-electron chi connectivity index (χ3n) is 4.70. The van der Waals surface area contributed by atoms with Crippen LogP contribution in [0, 0.1) is 11.8 Å². The summed E-state index contributed by atoms with van der Waals surface area (Å²) in [5.74, 6) is -0.288. The number of nitrogens with zero attached hydrogens (tertiary/aromatic N) is 1. The van der Waals surface area contributed by atoms with E-state index in [4.69, 9.17) is 0 Å². The first kappa shape index (κ1) is 12.5. The number of benzene rings is 1. The average molecular weight is 261 g/mol. The lowest BCUT2D eigenvalue weighted by Gasteiger charge is -2.45. The number of hydrogen-bond donors (Lipinski definition) is 2. The Bertz CT molecular complexity index is 514. The Morgan fingerprint density at radius 1 is 1.37 bits per heavy atom. The summed E-state index contributed by atoms with van der Waals surface area (Å²) in [5.41, 5.74) is 2.23. The predicted octanol–water partition coefficient (Wildman–Crippen LogP) is 1.51. The standard InChI is InChI=1S/C15H19NO3/c1-16-8-11(15(18)19)5-10-6-12-9(7-13(10)16)3-2-4-14(12)17/h2-4,10-11,13,17H,5-8H2,1H3,(H,18,19). The van der Waals surface area contributed by atoms with Gasteiger partial charge in [-0.25, -0.2) is 0 Å². The van der Waals surface area contributed by atoms with Crippen LogP contribution >= 0.6 is 0 Å². The highest BCUT2D eigenvalue weighted by Gasteiger charge is 2.40. The topological polar surface area (TPSA) is 60.8 Å². The molecule has 1 aromatic carbocycles. The molecule has 1 heterocycles. The van der Waals surface area contributed by atoms with Gasteiger partial charge in [0.1, 0.15) is 5.75 Å². The van der Waals surface area contributed by atoms with Crippen molar-refractivity contribution in [1.82, 2.24) is 4.90 Å². The van der Waals surface area contributed by atoms with Crippen LogP contribution in [0.2, 0.25) is 0 Å². The summed E-state index contributed by atoms with van der Waals surface area (Å²) >= 11 is 0. The number of phenols is 1. The molecule has 2 N–H and O–H groups in total. The van der Waals surface area contributed by atoms with E-state index in [0.717, 1.165) is 24.8 Å². The summed E-state index contributed by atoms with van der Waals surface area (Å²) in [7, 11) is 2.01. The van der Waals surface area contributed by atoms with Gasteiger partial charge in [0.25, 0.3) is 0 Å². The number of carboxylic acids is 1. The van der Waals surface area contributed by atoms with Gasteiger partial charge in [0.2, 0.25) is 0 Å². The largest absolute Gasteiger partial charge is 0.508 e. The maximum absolute atomic E-state index is 11.2. The van der Waals surface area contributed by atoms with Crippen molar-refractivity contribution in [1.29, 1.82) is 0 Å².